The first kappa shape index (κ1) is 14.9. The van der Waals surface area contributed by atoms with Crippen LogP contribution in [0.2, 0.25) is 0 Å². The van der Waals surface area contributed by atoms with Crippen LogP contribution in [0.5, 0.6) is 0 Å². The molecule has 0 atom stereocenters. The lowest BCUT2D eigenvalue weighted by Gasteiger charge is -2.08. The molecule has 0 saturated heterocycles. The average molecular weight is 310 g/mol. The lowest BCUT2D eigenvalue weighted by Crippen LogP contribution is -2.11. The maximum Gasteiger partial charge on any atom is 0.271 e. The first-order chi connectivity index (χ1) is 9.62. The van der Waals surface area contributed by atoms with Crippen molar-refractivity contribution in [3.8, 4) is 0 Å². The SMILES string of the molecule is CCCCNc1ccc(NS(=O)(=O)c2cccs2)cc1. The highest BCUT2D eigenvalue weighted by atomic mass is 32.2. The summed E-state index contributed by atoms with van der Waals surface area (Å²) < 4.78 is 27.0. The zero-order valence-corrected chi connectivity index (χ0v) is 12.9. The van der Waals surface area contributed by atoms with Crippen LogP contribution in [0, 0.1) is 0 Å². The third-order valence-electron chi connectivity index (χ3n) is 2.76. The number of hydrogen-bond donors (Lipinski definition) is 2. The minimum Gasteiger partial charge on any atom is -0.385 e. The fourth-order valence-electron chi connectivity index (χ4n) is 1.69. The third-order valence-corrected chi connectivity index (χ3v) is 5.54. The summed E-state index contributed by atoms with van der Waals surface area (Å²) >= 11 is 1.20. The van der Waals surface area contributed by atoms with Crippen molar-refractivity contribution < 1.29 is 8.42 Å². The summed E-state index contributed by atoms with van der Waals surface area (Å²) in [6.07, 6.45) is 2.26. The summed E-state index contributed by atoms with van der Waals surface area (Å²) in [6.45, 7) is 3.07. The van der Waals surface area contributed by atoms with Crippen LogP contribution in [-0.4, -0.2) is 15.0 Å². The van der Waals surface area contributed by atoms with Crippen molar-refractivity contribution in [1.29, 1.82) is 0 Å². The van der Waals surface area contributed by atoms with Crippen LogP contribution >= 0.6 is 11.3 Å². The molecule has 0 amide bonds. The van der Waals surface area contributed by atoms with Gasteiger partial charge in [0.25, 0.3) is 10.0 Å². The predicted molar refractivity (Wildman–Crippen MR) is 85.0 cm³/mol. The fraction of sp³-hybridized carbons (Fsp3) is 0.286. The molecule has 1 heterocycles. The van der Waals surface area contributed by atoms with E-state index in [1.165, 1.54) is 11.3 Å². The normalized spacial score (nSPS) is 11.2. The molecule has 2 aromatic rings. The van der Waals surface area contributed by atoms with Crippen molar-refractivity contribution in [1.82, 2.24) is 0 Å². The predicted octanol–water partition coefficient (Wildman–Crippen LogP) is 3.76. The number of anilines is 2. The topological polar surface area (TPSA) is 58.2 Å². The number of unbranched alkanes of at least 4 members (excludes halogenated alkanes) is 1. The van der Waals surface area contributed by atoms with Crippen LogP contribution in [0.25, 0.3) is 0 Å². The molecule has 1 aromatic heterocycles. The van der Waals surface area contributed by atoms with E-state index in [-0.39, 0.29) is 0 Å². The van der Waals surface area contributed by atoms with Gasteiger partial charge in [-0.1, -0.05) is 19.4 Å². The van der Waals surface area contributed by atoms with Crippen LogP contribution in [0.4, 0.5) is 11.4 Å². The molecule has 6 heteroatoms. The smallest absolute Gasteiger partial charge is 0.271 e. The maximum atomic E-state index is 12.0. The Balaban J connectivity index is 2.00. The molecular weight excluding hydrogens is 292 g/mol. The van der Waals surface area contributed by atoms with Gasteiger partial charge in [0.1, 0.15) is 4.21 Å². The van der Waals surface area contributed by atoms with Crippen LogP contribution in [-0.2, 0) is 10.0 Å². The second-order valence-electron chi connectivity index (χ2n) is 4.40. The molecule has 0 aliphatic heterocycles. The van der Waals surface area contributed by atoms with Crippen molar-refractivity contribution >= 4 is 32.7 Å². The number of benzene rings is 1. The Morgan fingerprint density at radius 2 is 1.80 bits per heavy atom. The summed E-state index contributed by atoms with van der Waals surface area (Å²) in [4.78, 5) is 0. The van der Waals surface area contributed by atoms with E-state index in [1.807, 2.05) is 12.1 Å². The van der Waals surface area contributed by atoms with E-state index in [0.717, 1.165) is 25.1 Å². The second-order valence-corrected chi connectivity index (χ2v) is 7.25. The van der Waals surface area contributed by atoms with E-state index < -0.39 is 10.0 Å². The summed E-state index contributed by atoms with van der Waals surface area (Å²) in [5, 5.41) is 5.03. The number of thiophene rings is 1. The number of rotatable bonds is 7. The molecule has 0 radical (unpaired) electrons. The molecular formula is C14H18N2O2S2. The van der Waals surface area contributed by atoms with Gasteiger partial charge in [0, 0.05) is 17.9 Å². The molecule has 108 valence electrons. The lowest BCUT2D eigenvalue weighted by molar-refractivity contribution is 0.603. The van der Waals surface area contributed by atoms with Crippen molar-refractivity contribution in [2.24, 2.45) is 0 Å². The average Bonchev–Trinajstić information content (AvgIpc) is 2.95. The van der Waals surface area contributed by atoms with Gasteiger partial charge in [0.2, 0.25) is 0 Å². The Labute approximate surface area is 123 Å². The van der Waals surface area contributed by atoms with Crippen LogP contribution < -0.4 is 10.0 Å². The van der Waals surface area contributed by atoms with Gasteiger partial charge in [-0.15, -0.1) is 11.3 Å². The molecule has 1 aromatic carbocycles. The van der Waals surface area contributed by atoms with Crippen LogP contribution in [0.3, 0.4) is 0 Å². The largest absolute Gasteiger partial charge is 0.385 e. The van der Waals surface area contributed by atoms with Gasteiger partial charge in [-0.05, 0) is 42.1 Å². The molecule has 2 rings (SSSR count). The molecule has 0 saturated carbocycles. The van der Waals surface area contributed by atoms with Crippen molar-refractivity contribution in [3.05, 3.63) is 41.8 Å². The minimum absolute atomic E-state index is 0.322. The van der Waals surface area contributed by atoms with E-state index in [4.69, 9.17) is 0 Å². The Hall–Kier alpha value is -1.53. The van der Waals surface area contributed by atoms with Gasteiger partial charge in [-0.3, -0.25) is 4.72 Å². The molecule has 0 aliphatic rings. The lowest BCUT2D eigenvalue weighted by atomic mass is 10.2. The Kier molecular flexibility index (Phi) is 5.03. The monoisotopic (exact) mass is 310 g/mol. The summed E-state index contributed by atoms with van der Waals surface area (Å²) in [5.41, 5.74) is 1.57. The van der Waals surface area contributed by atoms with Crippen molar-refractivity contribution in [2.45, 2.75) is 24.0 Å². The highest BCUT2D eigenvalue weighted by Gasteiger charge is 2.14. The zero-order chi connectivity index (χ0) is 14.4. The summed E-state index contributed by atoms with van der Waals surface area (Å²) in [6, 6.07) is 10.6. The summed E-state index contributed by atoms with van der Waals surface area (Å²) in [7, 11) is -3.46. The van der Waals surface area contributed by atoms with Crippen molar-refractivity contribution in [2.75, 3.05) is 16.6 Å². The Morgan fingerprint density at radius 3 is 2.40 bits per heavy atom. The van der Waals surface area contributed by atoms with Gasteiger partial charge >= 0.3 is 0 Å². The van der Waals surface area contributed by atoms with E-state index in [0.29, 0.717) is 9.90 Å². The van der Waals surface area contributed by atoms with Gasteiger partial charge in [-0.2, -0.15) is 0 Å². The first-order valence-electron chi connectivity index (χ1n) is 6.52. The van der Waals surface area contributed by atoms with Crippen molar-refractivity contribution in [3.63, 3.8) is 0 Å². The molecule has 20 heavy (non-hydrogen) atoms. The van der Waals surface area contributed by atoms with E-state index in [2.05, 4.69) is 17.0 Å². The number of nitrogens with one attached hydrogen (secondary N) is 2. The Morgan fingerprint density at radius 1 is 1.10 bits per heavy atom. The second kappa shape index (κ2) is 6.76. The van der Waals surface area contributed by atoms with E-state index >= 15 is 0 Å². The molecule has 0 aliphatic carbocycles. The highest BCUT2D eigenvalue weighted by Crippen LogP contribution is 2.21. The van der Waals surface area contributed by atoms with Crippen LogP contribution in [0.1, 0.15) is 19.8 Å². The molecule has 0 unspecified atom stereocenters. The van der Waals surface area contributed by atoms with Gasteiger partial charge in [0.15, 0.2) is 0 Å². The summed E-state index contributed by atoms with van der Waals surface area (Å²) in [5.74, 6) is 0. The Bertz CT molecular complexity index is 620. The number of sulfonamides is 1. The fourth-order valence-corrected chi connectivity index (χ4v) is 3.74. The quantitative estimate of drug-likeness (QED) is 0.766. The minimum atomic E-state index is -3.46. The zero-order valence-electron chi connectivity index (χ0n) is 11.3. The highest BCUT2D eigenvalue weighted by molar-refractivity contribution is 7.94. The van der Waals surface area contributed by atoms with Gasteiger partial charge in [-0.25, -0.2) is 8.42 Å². The van der Waals surface area contributed by atoms with E-state index in [9.17, 15) is 8.42 Å². The maximum absolute atomic E-state index is 12.0. The molecule has 4 nitrogen and oxygen atoms in total. The molecule has 0 spiro atoms. The molecule has 0 fully saturated rings. The first-order valence-corrected chi connectivity index (χ1v) is 8.88. The third kappa shape index (κ3) is 3.98. The molecule has 0 bridgehead atoms. The van der Waals surface area contributed by atoms with Crippen LogP contribution in [0.15, 0.2) is 46.0 Å². The van der Waals surface area contributed by atoms with Gasteiger partial charge in [0.05, 0.1) is 0 Å². The van der Waals surface area contributed by atoms with Gasteiger partial charge < -0.3 is 5.32 Å². The molecule has 2 N–H and O–H groups in total. The number of hydrogen-bond acceptors (Lipinski definition) is 4. The standard InChI is InChI=1S/C14H18N2O2S2/c1-2-3-10-15-12-6-8-13(9-7-12)16-20(17,18)14-5-4-11-19-14/h4-9,11,15-16H,2-3,10H2,1H3. The van der Waals surface area contributed by atoms with E-state index in [1.54, 1.807) is 29.6 Å².